The number of carbonyl (C=O) groups is 1. The van der Waals surface area contributed by atoms with Crippen LogP contribution in [0.5, 0.6) is 5.75 Å². The predicted molar refractivity (Wildman–Crippen MR) is 125 cm³/mol. The fourth-order valence-electron chi connectivity index (χ4n) is 2.96. The number of halogens is 1. The molecule has 0 aliphatic rings. The van der Waals surface area contributed by atoms with Gasteiger partial charge < -0.3 is 10.1 Å². The zero-order chi connectivity index (χ0) is 24.3. The van der Waals surface area contributed by atoms with Crippen LogP contribution in [0.15, 0.2) is 47.4 Å². The summed E-state index contributed by atoms with van der Waals surface area (Å²) in [6.45, 7) is 4.78. The largest absolute Gasteiger partial charge is 0.495 e. The lowest BCUT2D eigenvalue weighted by molar-refractivity contribution is -0.116. The maximum Gasteiger partial charge on any atom is 0.248 e. The molecule has 0 aromatic heterocycles. The van der Waals surface area contributed by atoms with Gasteiger partial charge >= 0.3 is 0 Å². The standard InChI is InChI=1S/C20H26ClN3O6S2/c1-13(2)23-32(28,29)17-10-11-19(30-4)18(12-17)22-20(25)14(3)24(31(5,26)27)16-8-6-15(21)7-9-16/h6-14,23H,1-5H3,(H,22,25)/t14-/m0/s1. The molecule has 0 saturated heterocycles. The van der Waals surface area contributed by atoms with Crippen LogP contribution < -0.4 is 19.1 Å². The SMILES string of the molecule is COc1ccc(S(=O)(=O)NC(C)C)cc1NC(=O)[C@H](C)N(c1ccc(Cl)cc1)S(C)(=O)=O. The molecule has 2 aromatic carbocycles. The zero-order valence-corrected chi connectivity index (χ0v) is 20.7. The first-order chi connectivity index (χ1) is 14.8. The van der Waals surface area contributed by atoms with Crippen LogP contribution in [0, 0.1) is 0 Å². The number of methoxy groups -OCH3 is 1. The van der Waals surface area contributed by atoms with Gasteiger partial charge in [0.2, 0.25) is 26.0 Å². The Kier molecular flexibility index (Phi) is 8.16. The average molecular weight is 504 g/mol. The van der Waals surface area contributed by atoms with Crippen LogP contribution >= 0.6 is 11.6 Å². The van der Waals surface area contributed by atoms with Crippen molar-refractivity contribution in [3.05, 3.63) is 47.5 Å². The highest BCUT2D eigenvalue weighted by Crippen LogP contribution is 2.29. The number of carbonyl (C=O) groups excluding carboxylic acids is 1. The highest BCUT2D eigenvalue weighted by molar-refractivity contribution is 7.92. The predicted octanol–water partition coefficient (Wildman–Crippen LogP) is 2.83. The Morgan fingerprint density at radius 3 is 2.12 bits per heavy atom. The molecule has 0 spiro atoms. The minimum Gasteiger partial charge on any atom is -0.495 e. The third-order valence-corrected chi connectivity index (χ3v) is 7.45. The maximum absolute atomic E-state index is 13.0. The number of anilines is 2. The first-order valence-corrected chi connectivity index (χ1v) is 13.2. The number of ether oxygens (including phenoxy) is 1. The van der Waals surface area contributed by atoms with Crippen molar-refractivity contribution < 1.29 is 26.4 Å². The first-order valence-electron chi connectivity index (χ1n) is 9.52. The van der Waals surface area contributed by atoms with E-state index in [0.717, 1.165) is 10.6 Å². The second kappa shape index (κ2) is 10.1. The van der Waals surface area contributed by atoms with Crippen molar-refractivity contribution in [1.29, 1.82) is 0 Å². The van der Waals surface area contributed by atoms with Crippen molar-refractivity contribution in [2.75, 3.05) is 23.0 Å². The number of nitrogens with zero attached hydrogens (tertiary/aromatic N) is 1. The monoisotopic (exact) mass is 503 g/mol. The molecular weight excluding hydrogens is 478 g/mol. The summed E-state index contributed by atoms with van der Waals surface area (Å²) in [5.74, 6) is -0.471. The van der Waals surface area contributed by atoms with Crippen molar-refractivity contribution in [3.63, 3.8) is 0 Å². The Morgan fingerprint density at radius 2 is 1.62 bits per heavy atom. The Hall–Kier alpha value is -2.34. The fraction of sp³-hybridized carbons (Fsp3) is 0.350. The average Bonchev–Trinajstić information content (AvgIpc) is 2.67. The van der Waals surface area contributed by atoms with Crippen molar-refractivity contribution in [1.82, 2.24) is 4.72 Å². The van der Waals surface area contributed by atoms with Gasteiger partial charge in [-0.15, -0.1) is 0 Å². The molecule has 0 bridgehead atoms. The number of hydrogen-bond donors (Lipinski definition) is 2. The summed E-state index contributed by atoms with van der Waals surface area (Å²) in [6, 6.07) is 8.50. The van der Waals surface area contributed by atoms with Crippen molar-refractivity contribution in [2.45, 2.75) is 37.8 Å². The fourth-order valence-corrected chi connectivity index (χ4v) is 5.54. The van der Waals surface area contributed by atoms with Crippen LogP contribution in [0.3, 0.4) is 0 Å². The Morgan fingerprint density at radius 1 is 1.03 bits per heavy atom. The molecule has 12 heteroatoms. The number of sulfonamides is 2. The highest BCUT2D eigenvalue weighted by Gasteiger charge is 2.30. The van der Waals surface area contributed by atoms with E-state index in [2.05, 4.69) is 10.0 Å². The lowest BCUT2D eigenvalue weighted by Crippen LogP contribution is -2.45. The molecule has 0 aliphatic heterocycles. The van der Waals surface area contributed by atoms with Crippen molar-refractivity contribution >= 4 is 48.9 Å². The van der Waals surface area contributed by atoms with Crippen LogP contribution in [0.4, 0.5) is 11.4 Å². The van der Waals surface area contributed by atoms with E-state index < -0.39 is 32.0 Å². The lowest BCUT2D eigenvalue weighted by Gasteiger charge is -2.28. The van der Waals surface area contributed by atoms with E-state index in [-0.39, 0.29) is 28.1 Å². The van der Waals surface area contributed by atoms with Gasteiger partial charge in [-0.3, -0.25) is 9.10 Å². The minimum absolute atomic E-state index is 0.0763. The third-order valence-electron chi connectivity index (χ3n) is 4.30. The van der Waals surface area contributed by atoms with E-state index >= 15 is 0 Å². The van der Waals surface area contributed by atoms with Gasteiger partial charge in [-0.25, -0.2) is 21.6 Å². The maximum atomic E-state index is 13.0. The zero-order valence-electron chi connectivity index (χ0n) is 18.3. The molecule has 0 fully saturated rings. The lowest BCUT2D eigenvalue weighted by atomic mass is 10.2. The van der Waals surface area contributed by atoms with E-state index in [1.165, 1.54) is 56.5 Å². The number of hydrogen-bond acceptors (Lipinski definition) is 6. The first kappa shape index (κ1) is 25.9. The minimum atomic E-state index is -3.84. The summed E-state index contributed by atoms with van der Waals surface area (Å²) in [7, 11) is -6.29. The summed E-state index contributed by atoms with van der Waals surface area (Å²) in [5, 5.41) is 2.99. The molecule has 0 heterocycles. The van der Waals surface area contributed by atoms with Gasteiger partial charge in [0.05, 0.1) is 29.6 Å². The molecule has 0 radical (unpaired) electrons. The second-order valence-electron chi connectivity index (χ2n) is 7.34. The van der Waals surface area contributed by atoms with E-state index in [4.69, 9.17) is 16.3 Å². The molecule has 176 valence electrons. The number of rotatable bonds is 9. The molecule has 0 unspecified atom stereocenters. The van der Waals surface area contributed by atoms with Gasteiger partial charge in [-0.1, -0.05) is 11.6 Å². The van der Waals surface area contributed by atoms with Crippen molar-refractivity contribution in [3.8, 4) is 5.75 Å². The Labute approximate surface area is 193 Å². The van der Waals surface area contributed by atoms with Gasteiger partial charge in [0.1, 0.15) is 11.8 Å². The van der Waals surface area contributed by atoms with E-state index in [1.807, 2.05) is 0 Å². The molecular formula is C20H26ClN3O6S2. The van der Waals surface area contributed by atoms with Crippen LogP contribution in [0.1, 0.15) is 20.8 Å². The van der Waals surface area contributed by atoms with E-state index in [9.17, 15) is 21.6 Å². The summed E-state index contributed by atoms with van der Waals surface area (Å²) in [6.07, 6.45) is 0.983. The van der Waals surface area contributed by atoms with Crippen LogP contribution in [-0.4, -0.2) is 48.2 Å². The molecule has 2 aromatic rings. The van der Waals surface area contributed by atoms with Crippen LogP contribution in [0.25, 0.3) is 0 Å². The smallest absolute Gasteiger partial charge is 0.248 e. The topological polar surface area (TPSA) is 122 Å². The molecule has 9 nitrogen and oxygen atoms in total. The van der Waals surface area contributed by atoms with Gasteiger partial charge in [0.25, 0.3) is 0 Å². The second-order valence-corrected chi connectivity index (χ2v) is 11.3. The quantitative estimate of drug-likeness (QED) is 0.542. The van der Waals surface area contributed by atoms with Crippen LogP contribution in [0.2, 0.25) is 5.02 Å². The van der Waals surface area contributed by atoms with Gasteiger partial charge in [0, 0.05) is 11.1 Å². The summed E-state index contributed by atoms with van der Waals surface area (Å²) in [5.41, 5.74) is 0.338. The third kappa shape index (κ3) is 6.35. The molecule has 2 N–H and O–H groups in total. The van der Waals surface area contributed by atoms with E-state index in [1.54, 1.807) is 13.8 Å². The van der Waals surface area contributed by atoms with Gasteiger partial charge in [0.15, 0.2) is 0 Å². The van der Waals surface area contributed by atoms with Crippen molar-refractivity contribution in [2.24, 2.45) is 0 Å². The summed E-state index contributed by atoms with van der Waals surface area (Å²) >= 11 is 5.88. The summed E-state index contributed by atoms with van der Waals surface area (Å²) < 4.78 is 58.5. The Balaban J connectivity index is 2.41. The molecule has 32 heavy (non-hydrogen) atoms. The Bertz CT molecular complexity index is 1180. The van der Waals surface area contributed by atoms with Gasteiger partial charge in [-0.05, 0) is 63.2 Å². The molecule has 1 atom stereocenters. The number of amides is 1. The molecule has 2 rings (SSSR count). The highest BCUT2D eigenvalue weighted by atomic mass is 35.5. The molecule has 0 saturated carbocycles. The molecule has 1 amide bonds. The molecule has 0 aliphatic carbocycles. The van der Waals surface area contributed by atoms with E-state index in [0.29, 0.717) is 5.02 Å². The van der Waals surface area contributed by atoms with Gasteiger partial charge in [-0.2, -0.15) is 0 Å². The van der Waals surface area contributed by atoms with Crippen LogP contribution in [-0.2, 0) is 24.8 Å². The summed E-state index contributed by atoms with van der Waals surface area (Å²) in [4.78, 5) is 12.9. The number of nitrogens with one attached hydrogen (secondary N) is 2. The number of benzene rings is 2. The normalized spacial score (nSPS) is 13.0.